The number of nitrogens with zero attached hydrogens (tertiary/aromatic N) is 1. The van der Waals surface area contributed by atoms with Gasteiger partial charge in [-0.1, -0.05) is 12.1 Å². The quantitative estimate of drug-likeness (QED) is 0.600. The summed E-state index contributed by atoms with van der Waals surface area (Å²) in [4.78, 5) is 12.0. The Bertz CT molecular complexity index is 647. The van der Waals surface area contributed by atoms with E-state index in [9.17, 15) is 4.79 Å². The molecule has 2 aromatic rings. The minimum absolute atomic E-state index is 0.260. The summed E-state index contributed by atoms with van der Waals surface area (Å²) in [6.45, 7) is 4.87. The van der Waals surface area contributed by atoms with E-state index < -0.39 is 0 Å². The Hall–Kier alpha value is -1.88. The van der Waals surface area contributed by atoms with E-state index in [1.54, 1.807) is 18.9 Å². The molecule has 0 atom stereocenters. The summed E-state index contributed by atoms with van der Waals surface area (Å²) in [5, 5.41) is 1.08. The zero-order valence-corrected chi connectivity index (χ0v) is 14.2. The van der Waals surface area contributed by atoms with E-state index >= 15 is 0 Å². The third kappa shape index (κ3) is 3.47. The molecule has 22 heavy (non-hydrogen) atoms. The summed E-state index contributed by atoms with van der Waals surface area (Å²) in [6, 6.07) is 7.94. The van der Waals surface area contributed by atoms with Crippen molar-refractivity contribution in [3.05, 3.63) is 47.2 Å². The highest BCUT2D eigenvalue weighted by molar-refractivity contribution is 7.98. The van der Waals surface area contributed by atoms with Gasteiger partial charge in [0.2, 0.25) is 0 Å². The van der Waals surface area contributed by atoms with Gasteiger partial charge in [0.1, 0.15) is 5.75 Å². The molecule has 0 N–H and O–H groups in total. The standard InChI is InChI=1S/C17H21NO3S/c1-5-21-17(19)15-11-18(16(22-4)12(15)2)10-13-6-8-14(20-3)9-7-13/h6-9,11H,5,10H2,1-4H3. The van der Waals surface area contributed by atoms with Gasteiger partial charge in [-0.25, -0.2) is 4.79 Å². The van der Waals surface area contributed by atoms with Crippen LogP contribution in [0, 0.1) is 6.92 Å². The van der Waals surface area contributed by atoms with E-state index in [4.69, 9.17) is 9.47 Å². The molecular weight excluding hydrogens is 298 g/mol. The largest absolute Gasteiger partial charge is 0.497 e. The van der Waals surface area contributed by atoms with Crippen molar-refractivity contribution in [3.8, 4) is 5.75 Å². The van der Waals surface area contributed by atoms with Crippen molar-refractivity contribution >= 4 is 17.7 Å². The lowest BCUT2D eigenvalue weighted by atomic mass is 10.2. The molecule has 5 heteroatoms. The van der Waals surface area contributed by atoms with Crippen molar-refractivity contribution in [2.24, 2.45) is 0 Å². The van der Waals surface area contributed by atoms with Crippen molar-refractivity contribution in [2.75, 3.05) is 20.0 Å². The van der Waals surface area contributed by atoms with Gasteiger partial charge in [-0.2, -0.15) is 0 Å². The summed E-state index contributed by atoms with van der Waals surface area (Å²) in [7, 11) is 1.65. The summed E-state index contributed by atoms with van der Waals surface area (Å²) < 4.78 is 12.4. The lowest BCUT2D eigenvalue weighted by Gasteiger charge is -2.08. The predicted molar refractivity (Wildman–Crippen MR) is 89.0 cm³/mol. The minimum Gasteiger partial charge on any atom is -0.497 e. The summed E-state index contributed by atoms with van der Waals surface area (Å²) in [6.07, 6.45) is 3.89. The second kappa shape index (κ2) is 7.40. The molecule has 0 saturated carbocycles. The fraction of sp³-hybridized carbons (Fsp3) is 0.353. The molecule has 0 saturated heterocycles. The van der Waals surface area contributed by atoms with Crippen LogP contribution in [0.1, 0.15) is 28.4 Å². The van der Waals surface area contributed by atoms with Gasteiger partial charge in [0, 0.05) is 12.7 Å². The molecule has 0 fully saturated rings. The number of aromatic nitrogens is 1. The number of benzene rings is 1. The van der Waals surface area contributed by atoms with Crippen molar-refractivity contribution in [2.45, 2.75) is 25.4 Å². The van der Waals surface area contributed by atoms with Crippen LogP contribution in [0.25, 0.3) is 0 Å². The number of hydrogen-bond acceptors (Lipinski definition) is 4. The Morgan fingerprint density at radius 2 is 1.95 bits per heavy atom. The average molecular weight is 319 g/mol. The van der Waals surface area contributed by atoms with Gasteiger partial charge in [0.05, 0.1) is 24.3 Å². The van der Waals surface area contributed by atoms with Crippen LogP contribution in [0.3, 0.4) is 0 Å². The van der Waals surface area contributed by atoms with E-state index in [0.717, 1.165) is 21.9 Å². The second-order valence-electron chi connectivity index (χ2n) is 4.87. The first-order chi connectivity index (χ1) is 10.6. The third-order valence-corrected chi connectivity index (χ3v) is 4.40. The second-order valence-corrected chi connectivity index (χ2v) is 5.67. The Morgan fingerprint density at radius 3 is 2.50 bits per heavy atom. The number of esters is 1. The first kappa shape index (κ1) is 16.5. The van der Waals surface area contributed by atoms with Crippen LogP contribution in [0.4, 0.5) is 0 Å². The number of carbonyl (C=O) groups is 1. The average Bonchev–Trinajstić information content (AvgIpc) is 2.84. The summed E-state index contributed by atoms with van der Waals surface area (Å²) >= 11 is 1.64. The van der Waals surface area contributed by atoms with Crippen molar-refractivity contribution in [1.29, 1.82) is 0 Å². The Balaban J connectivity index is 2.29. The van der Waals surface area contributed by atoms with Gasteiger partial charge in [-0.15, -0.1) is 11.8 Å². The molecular formula is C17H21NO3S. The molecule has 1 aromatic carbocycles. The van der Waals surface area contributed by atoms with Crippen molar-refractivity contribution in [1.82, 2.24) is 4.57 Å². The highest BCUT2D eigenvalue weighted by Gasteiger charge is 2.18. The molecule has 0 spiro atoms. The lowest BCUT2D eigenvalue weighted by Crippen LogP contribution is -2.05. The zero-order chi connectivity index (χ0) is 16.1. The fourth-order valence-corrected chi connectivity index (χ4v) is 3.14. The van der Waals surface area contributed by atoms with Gasteiger partial charge >= 0.3 is 5.97 Å². The van der Waals surface area contributed by atoms with E-state index in [2.05, 4.69) is 4.57 Å². The summed E-state index contributed by atoms with van der Waals surface area (Å²) in [5.74, 6) is 0.577. The molecule has 0 aliphatic heterocycles. The molecule has 0 amide bonds. The zero-order valence-electron chi connectivity index (χ0n) is 13.4. The van der Waals surface area contributed by atoms with E-state index in [1.165, 1.54) is 0 Å². The number of rotatable bonds is 6. The Labute approximate surface area is 135 Å². The van der Waals surface area contributed by atoms with Gasteiger partial charge in [-0.05, 0) is 43.4 Å². The molecule has 1 heterocycles. The monoisotopic (exact) mass is 319 g/mol. The van der Waals surface area contributed by atoms with Crippen LogP contribution < -0.4 is 4.74 Å². The maximum absolute atomic E-state index is 12.0. The van der Waals surface area contributed by atoms with Crippen LogP contribution in [0.2, 0.25) is 0 Å². The van der Waals surface area contributed by atoms with Gasteiger partial charge in [0.15, 0.2) is 0 Å². The predicted octanol–water partition coefficient (Wildman–Crippen LogP) is 3.75. The maximum Gasteiger partial charge on any atom is 0.339 e. The molecule has 0 radical (unpaired) electrons. The molecule has 0 bridgehead atoms. The molecule has 118 valence electrons. The minimum atomic E-state index is -0.260. The number of thioether (sulfide) groups is 1. The molecule has 2 rings (SSSR count). The maximum atomic E-state index is 12.0. The summed E-state index contributed by atoms with van der Waals surface area (Å²) in [5.41, 5.74) is 2.76. The number of hydrogen-bond donors (Lipinski definition) is 0. The molecule has 1 aromatic heterocycles. The van der Waals surface area contributed by atoms with Crippen LogP contribution in [-0.2, 0) is 11.3 Å². The number of carbonyl (C=O) groups excluding carboxylic acids is 1. The first-order valence-electron chi connectivity index (χ1n) is 7.14. The van der Waals surface area contributed by atoms with E-state index in [1.807, 2.05) is 50.6 Å². The van der Waals surface area contributed by atoms with Crippen LogP contribution in [0.15, 0.2) is 35.5 Å². The normalized spacial score (nSPS) is 10.5. The highest BCUT2D eigenvalue weighted by atomic mass is 32.2. The molecule has 4 nitrogen and oxygen atoms in total. The lowest BCUT2D eigenvalue weighted by molar-refractivity contribution is 0.0525. The SMILES string of the molecule is CCOC(=O)c1cn(Cc2ccc(OC)cc2)c(SC)c1C. The van der Waals surface area contributed by atoms with Crippen molar-refractivity contribution < 1.29 is 14.3 Å². The number of ether oxygens (including phenoxy) is 2. The van der Waals surface area contributed by atoms with Crippen LogP contribution >= 0.6 is 11.8 Å². The smallest absolute Gasteiger partial charge is 0.339 e. The topological polar surface area (TPSA) is 40.5 Å². The first-order valence-corrected chi connectivity index (χ1v) is 8.37. The molecule has 0 unspecified atom stereocenters. The van der Waals surface area contributed by atoms with Crippen molar-refractivity contribution in [3.63, 3.8) is 0 Å². The van der Waals surface area contributed by atoms with E-state index in [-0.39, 0.29) is 5.97 Å². The number of methoxy groups -OCH3 is 1. The van der Waals surface area contributed by atoms with Gasteiger partial charge in [-0.3, -0.25) is 0 Å². The van der Waals surface area contributed by atoms with E-state index in [0.29, 0.717) is 18.7 Å². The molecule has 0 aliphatic rings. The Kier molecular flexibility index (Phi) is 5.55. The van der Waals surface area contributed by atoms with Crippen LogP contribution in [0.5, 0.6) is 5.75 Å². The fourth-order valence-electron chi connectivity index (χ4n) is 2.37. The van der Waals surface area contributed by atoms with Gasteiger partial charge < -0.3 is 14.0 Å². The third-order valence-electron chi connectivity index (χ3n) is 3.47. The van der Waals surface area contributed by atoms with Crippen LogP contribution in [-0.4, -0.2) is 30.5 Å². The highest BCUT2D eigenvalue weighted by Crippen LogP contribution is 2.27. The van der Waals surface area contributed by atoms with Gasteiger partial charge in [0.25, 0.3) is 0 Å². The molecule has 0 aliphatic carbocycles. The Morgan fingerprint density at radius 1 is 1.27 bits per heavy atom.